The van der Waals surface area contributed by atoms with E-state index >= 15 is 0 Å². The quantitative estimate of drug-likeness (QED) is 0.571. The van der Waals surface area contributed by atoms with Crippen LogP contribution in [0.15, 0.2) is 0 Å². The molecule has 9 heavy (non-hydrogen) atoms. The smallest absolute Gasteiger partial charge is 0.309 e. The van der Waals surface area contributed by atoms with Gasteiger partial charge in [-0.2, -0.15) is 0 Å². The highest BCUT2D eigenvalue weighted by atomic mass is 16.4. The highest BCUT2D eigenvalue weighted by Crippen LogP contribution is 2.44. The van der Waals surface area contributed by atoms with E-state index in [9.17, 15) is 4.79 Å². The molecule has 1 N–H and O–H groups in total. The molecule has 0 aromatic rings. The van der Waals surface area contributed by atoms with Gasteiger partial charge in [-0.05, 0) is 19.8 Å². The first-order valence-corrected chi connectivity index (χ1v) is 2.64. The van der Waals surface area contributed by atoms with Crippen LogP contribution < -0.4 is 0 Å². The molecule has 1 aliphatic carbocycles. The van der Waals surface area contributed by atoms with Crippen molar-refractivity contribution in [3.05, 3.63) is 0 Å². The maximum absolute atomic E-state index is 10.1. The van der Waals surface area contributed by atoms with Crippen molar-refractivity contribution in [1.29, 1.82) is 5.26 Å². The summed E-state index contributed by atoms with van der Waals surface area (Å²) in [5.41, 5.74) is -0.333. The SMILES string of the molecule is C#N.CC1(C(=O)O)CC1. The molecule has 0 spiro atoms. The Morgan fingerprint density at radius 2 is 2.00 bits per heavy atom. The minimum absolute atomic E-state index is 0.333. The Morgan fingerprint density at radius 1 is 1.67 bits per heavy atom. The molecular formula is C6H9NO2. The Kier molecular flexibility index (Phi) is 2.20. The highest BCUT2D eigenvalue weighted by molar-refractivity contribution is 5.77. The number of nitriles is 1. The zero-order valence-corrected chi connectivity index (χ0v) is 5.29. The molecule has 1 rings (SSSR count). The summed E-state index contributed by atoms with van der Waals surface area (Å²) in [6.45, 7) is 5.27. The van der Waals surface area contributed by atoms with Crippen LogP contribution in [0.25, 0.3) is 0 Å². The number of hydrogen-bond donors (Lipinski definition) is 1. The van der Waals surface area contributed by atoms with E-state index in [0.29, 0.717) is 0 Å². The molecule has 0 unspecified atom stereocenters. The second kappa shape index (κ2) is 2.49. The third-order valence-electron chi connectivity index (χ3n) is 1.52. The first-order valence-electron chi connectivity index (χ1n) is 2.64. The molecule has 1 aliphatic rings. The van der Waals surface area contributed by atoms with E-state index in [-0.39, 0.29) is 5.41 Å². The molecule has 0 bridgehead atoms. The minimum Gasteiger partial charge on any atom is -0.481 e. The van der Waals surface area contributed by atoms with Crippen molar-refractivity contribution in [2.24, 2.45) is 5.41 Å². The van der Waals surface area contributed by atoms with Gasteiger partial charge < -0.3 is 5.11 Å². The Balaban J connectivity index is 0.000000291. The zero-order valence-electron chi connectivity index (χ0n) is 5.29. The Labute approximate surface area is 53.9 Å². The minimum atomic E-state index is -0.646. The lowest BCUT2D eigenvalue weighted by molar-refractivity contribution is -0.142. The topological polar surface area (TPSA) is 61.1 Å². The van der Waals surface area contributed by atoms with Gasteiger partial charge in [0.2, 0.25) is 0 Å². The van der Waals surface area contributed by atoms with Crippen LogP contribution in [0.5, 0.6) is 0 Å². The largest absolute Gasteiger partial charge is 0.481 e. The third-order valence-corrected chi connectivity index (χ3v) is 1.52. The van der Waals surface area contributed by atoms with Gasteiger partial charge in [0.15, 0.2) is 0 Å². The van der Waals surface area contributed by atoms with Gasteiger partial charge in [-0.3, -0.25) is 4.79 Å². The standard InChI is InChI=1S/C5H8O2.CHN/c1-5(2-3-5)4(6)7;1-2/h2-3H2,1H3,(H,6,7);1H. The van der Waals surface area contributed by atoms with Crippen LogP contribution in [0.1, 0.15) is 19.8 Å². The molecule has 1 saturated carbocycles. The average Bonchev–Trinajstić information content (AvgIpc) is 2.55. The van der Waals surface area contributed by atoms with Crippen molar-refractivity contribution >= 4 is 5.97 Å². The molecule has 0 radical (unpaired) electrons. The molecular weight excluding hydrogens is 118 g/mol. The predicted molar refractivity (Wildman–Crippen MR) is 31.6 cm³/mol. The van der Waals surface area contributed by atoms with Gasteiger partial charge in [0.1, 0.15) is 0 Å². The first-order chi connectivity index (χ1) is 4.15. The molecule has 50 valence electrons. The zero-order chi connectivity index (χ0) is 7.49. The highest BCUT2D eigenvalue weighted by Gasteiger charge is 2.44. The Bertz CT molecular complexity index is 135. The molecule has 1 fully saturated rings. The first kappa shape index (κ1) is 7.96. The van der Waals surface area contributed by atoms with E-state index in [2.05, 4.69) is 6.57 Å². The lowest BCUT2D eigenvalue weighted by Gasteiger charge is -1.94. The average molecular weight is 127 g/mol. The lowest BCUT2D eigenvalue weighted by atomic mass is 10.2. The van der Waals surface area contributed by atoms with Crippen LogP contribution >= 0.6 is 0 Å². The van der Waals surface area contributed by atoms with Crippen molar-refractivity contribution in [2.75, 3.05) is 0 Å². The van der Waals surface area contributed by atoms with Gasteiger partial charge in [-0.1, -0.05) is 0 Å². The van der Waals surface area contributed by atoms with Crippen LogP contribution in [-0.2, 0) is 4.79 Å². The fourth-order valence-corrected chi connectivity index (χ4v) is 0.401. The second-order valence-corrected chi connectivity index (χ2v) is 2.37. The summed E-state index contributed by atoms with van der Waals surface area (Å²) in [5, 5.41) is 14.8. The van der Waals surface area contributed by atoms with Gasteiger partial charge in [-0.15, -0.1) is 0 Å². The van der Waals surface area contributed by atoms with E-state index in [4.69, 9.17) is 10.4 Å². The van der Waals surface area contributed by atoms with E-state index < -0.39 is 5.97 Å². The van der Waals surface area contributed by atoms with Crippen LogP contribution in [0.3, 0.4) is 0 Å². The van der Waals surface area contributed by atoms with E-state index in [0.717, 1.165) is 12.8 Å². The molecule has 0 aromatic carbocycles. The summed E-state index contributed by atoms with van der Waals surface area (Å²) < 4.78 is 0. The van der Waals surface area contributed by atoms with E-state index in [1.807, 2.05) is 0 Å². The van der Waals surface area contributed by atoms with Crippen molar-refractivity contribution in [3.63, 3.8) is 0 Å². The predicted octanol–water partition coefficient (Wildman–Crippen LogP) is 1.01. The van der Waals surface area contributed by atoms with Crippen LogP contribution in [0.2, 0.25) is 0 Å². The molecule has 0 saturated heterocycles. The lowest BCUT2D eigenvalue weighted by Crippen LogP contribution is -2.08. The second-order valence-electron chi connectivity index (χ2n) is 2.37. The van der Waals surface area contributed by atoms with Crippen molar-refractivity contribution < 1.29 is 9.90 Å². The number of carbonyl (C=O) groups is 1. The van der Waals surface area contributed by atoms with Crippen LogP contribution in [-0.4, -0.2) is 11.1 Å². The van der Waals surface area contributed by atoms with Gasteiger partial charge in [-0.25, -0.2) is 5.26 Å². The van der Waals surface area contributed by atoms with Gasteiger partial charge >= 0.3 is 5.97 Å². The fraction of sp³-hybridized carbons (Fsp3) is 0.667. The number of carboxylic acid groups (broad SMARTS) is 1. The van der Waals surface area contributed by atoms with Crippen LogP contribution in [0.4, 0.5) is 0 Å². The molecule has 3 heteroatoms. The van der Waals surface area contributed by atoms with Crippen molar-refractivity contribution in [3.8, 4) is 6.57 Å². The van der Waals surface area contributed by atoms with E-state index in [1.165, 1.54) is 0 Å². The number of rotatable bonds is 1. The van der Waals surface area contributed by atoms with Crippen molar-refractivity contribution in [1.82, 2.24) is 0 Å². The maximum Gasteiger partial charge on any atom is 0.309 e. The van der Waals surface area contributed by atoms with Gasteiger partial charge in [0.05, 0.1) is 5.41 Å². The molecule has 0 aromatic heterocycles. The third kappa shape index (κ3) is 1.73. The molecule has 3 nitrogen and oxygen atoms in total. The summed E-state index contributed by atoms with van der Waals surface area (Å²) in [5.74, 6) is -0.646. The summed E-state index contributed by atoms with van der Waals surface area (Å²) in [4.78, 5) is 10.1. The number of aliphatic carboxylic acids is 1. The Hall–Kier alpha value is -1.04. The molecule has 0 aliphatic heterocycles. The van der Waals surface area contributed by atoms with Gasteiger partial charge in [0.25, 0.3) is 0 Å². The van der Waals surface area contributed by atoms with Crippen LogP contribution in [0, 0.1) is 17.2 Å². The summed E-state index contributed by atoms with van der Waals surface area (Å²) >= 11 is 0. The van der Waals surface area contributed by atoms with E-state index in [1.54, 1.807) is 6.92 Å². The maximum atomic E-state index is 10.1. The molecule has 0 atom stereocenters. The number of nitrogens with zero attached hydrogens (tertiary/aromatic N) is 1. The summed E-state index contributed by atoms with van der Waals surface area (Å²) in [7, 11) is 0. The number of hydrogen-bond acceptors (Lipinski definition) is 2. The monoisotopic (exact) mass is 127 g/mol. The Morgan fingerprint density at radius 3 is 2.00 bits per heavy atom. The molecule has 0 heterocycles. The summed E-state index contributed by atoms with van der Waals surface area (Å²) in [6.07, 6.45) is 1.73. The number of carboxylic acids is 1. The van der Waals surface area contributed by atoms with Crippen molar-refractivity contribution in [2.45, 2.75) is 19.8 Å². The normalized spacial score (nSPS) is 19.0. The summed E-state index contributed by atoms with van der Waals surface area (Å²) in [6, 6.07) is 0. The van der Waals surface area contributed by atoms with Gasteiger partial charge in [0, 0.05) is 6.57 Å². The fourth-order valence-electron chi connectivity index (χ4n) is 0.401. The molecule has 0 amide bonds.